The van der Waals surface area contributed by atoms with E-state index in [0.717, 1.165) is 5.56 Å². The number of nitrogens with two attached hydrogens (primary N) is 1. The van der Waals surface area contributed by atoms with Crippen molar-refractivity contribution < 1.29 is 24.2 Å². The van der Waals surface area contributed by atoms with Crippen molar-refractivity contribution in [1.82, 2.24) is 5.32 Å². The van der Waals surface area contributed by atoms with E-state index in [9.17, 15) is 9.59 Å². The molecule has 11 nitrogen and oxygen atoms in total. The molecule has 1 aliphatic heterocycles. The lowest BCUT2D eigenvalue weighted by Gasteiger charge is -2.28. The molecule has 0 radical (unpaired) electrons. The van der Waals surface area contributed by atoms with Gasteiger partial charge in [-0.05, 0) is 29.9 Å². The first-order valence-electron chi connectivity index (χ1n) is 8.61. The van der Waals surface area contributed by atoms with Crippen LogP contribution in [0.1, 0.15) is 19.4 Å². The third-order valence-electron chi connectivity index (χ3n) is 4.00. The highest BCUT2D eigenvalue weighted by Gasteiger charge is 2.46. The summed E-state index contributed by atoms with van der Waals surface area (Å²) in [5, 5.41) is 26.4. The average molecular weight is 392 g/mol. The summed E-state index contributed by atoms with van der Waals surface area (Å²) in [6, 6.07) is 9.40. The predicted octanol–water partition coefficient (Wildman–Crippen LogP) is 1.33. The fraction of sp³-hybridized carbons (Fsp3) is 0.529. The van der Waals surface area contributed by atoms with Crippen LogP contribution in [0.25, 0.3) is 0 Å². The number of ether oxygens (including phenoxy) is 2. The molecule has 0 spiro atoms. The molecule has 1 aliphatic rings. The van der Waals surface area contributed by atoms with Gasteiger partial charge >= 0.3 is 6.09 Å². The number of aliphatic hydroxyl groups excluding tert-OH is 1. The topological polar surface area (TPSA) is 160 Å². The van der Waals surface area contributed by atoms with Gasteiger partial charge in [0, 0.05) is 6.54 Å². The minimum atomic E-state index is -1.47. The summed E-state index contributed by atoms with van der Waals surface area (Å²) >= 11 is 0. The molecule has 28 heavy (non-hydrogen) atoms. The first kappa shape index (κ1) is 21.4. The molecule has 0 fully saturated rings. The number of alkyl carbamates (subject to hydrolysis) is 1. The number of hydrogen-bond acceptors (Lipinski definition) is 9. The fourth-order valence-electron chi connectivity index (χ4n) is 2.40. The zero-order chi connectivity index (χ0) is 20.6. The summed E-state index contributed by atoms with van der Waals surface area (Å²) in [6.07, 6.45) is -0.822. The van der Waals surface area contributed by atoms with Gasteiger partial charge in [0.25, 0.3) is 0 Å². The van der Waals surface area contributed by atoms with E-state index in [-0.39, 0.29) is 26.4 Å². The SMILES string of the molecule is CC(C)(CO)OC(=O)NCC(C(N)=O)C1(COCc2ccccc2)N=NN=N1. The Morgan fingerprint density at radius 2 is 1.89 bits per heavy atom. The van der Waals surface area contributed by atoms with Gasteiger partial charge in [0.2, 0.25) is 11.6 Å². The number of nitrogens with one attached hydrogen (secondary N) is 1. The van der Waals surface area contributed by atoms with Crippen molar-refractivity contribution in [3.8, 4) is 0 Å². The Kier molecular flexibility index (Phi) is 7.12. The van der Waals surface area contributed by atoms with Gasteiger partial charge in [-0.3, -0.25) is 4.79 Å². The number of aliphatic hydroxyl groups is 1. The first-order chi connectivity index (χ1) is 13.3. The third-order valence-corrected chi connectivity index (χ3v) is 4.00. The molecule has 1 unspecified atom stereocenters. The Morgan fingerprint density at radius 3 is 2.46 bits per heavy atom. The number of carbonyl (C=O) groups is 2. The van der Waals surface area contributed by atoms with E-state index in [4.69, 9.17) is 20.3 Å². The van der Waals surface area contributed by atoms with Crippen LogP contribution in [0.15, 0.2) is 51.0 Å². The Bertz CT molecular complexity index is 725. The van der Waals surface area contributed by atoms with Gasteiger partial charge in [-0.1, -0.05) is 30.3 Å². The molecule has 4 N–H and O–H groups in total. The van der Waals surface area contributed by atoms with E-state index in [1.165, 1.54) is 13.8 Å². The van der Waals surface area contributed by atoms with Crippen molar-refractivity contribution in [2.24, 2.45) is 32.3 Å². The third kappa shape index (κ3) is 5.79. The Balaban J connectivity index is 2.01. The van der Waals surface area contributed by atoms with Crippen LogP contribution in [0.3, 0.4) is 0 Å². The summed E-state index contributed by atoms with van der Waals surface area (Å²) in [5.74, 6) is -1.83. The number of rotatable bonds is 10. The monoisotopic (exact) mass is 392 g/mol. The molecule has 0 saturated heterocycles. The molecule has 2 rings (SSSR count). The smallest absolute Gasteiger partial charge is 0.407 e. The van der Waals surface area contributed by atoms with Gasteiger partial charge in [0.1, 0.15) is 11.5 Å². The van der Waals surface area contributed by atoms with Gasteiger partial charge in [0.05, 0.1) is 19.8 Å². The normalized spacial score (nSPS) is 16.0. The minimum absolute atomic E-state index is 0.110. The summed E-state index contributed by atoms with van der Waals surface area (Å²) in [5.41, 5.74) is 3.87. The number of carbonyl (C=O) groups excluding carboxylic acids is 2. The molecule has 0 saturated carbocycles. The second-order valence-electron chi connectivity index (χ2n) is 6.88. The van der Waals surface area contributed by atoms with E-state index >= 15 is 0 Å². The van der Waals surface area contributed by atoms with Crippen LogP contribution in [0, 0.1) is 5.92 Å². The van der Waals surface area contributed by atoms with Gasteiger partial charge in [-0.2, -0.15) is 0 Å². The summed E-state index contributed by atoms with van der Waals surface area (Å²) in [4.78, 5) is 23.9. The highest BCUT2D eigenvalue weighted by Crippen LogP contribution is 2.30. The van der Waals surface area contributed by atoms with E-state index in [2.05, 4.69) is 26.0 Å². The van der Waals surface area contributed by atoms with Crippen LogP contribution in [0.2, 0.25) is 0 Å². The van der Waals surface area contributed by atoms with Crippen molar-refractivity contribution in [3.05, 3.63) is 35.9 Å². The van der Waals surface area contributed by atoms with Crippen molar-refractivity contribution in [1.29, 1.82) is 0 Å². The van der Waals surface area contributed by atoms with E-state index < -0.39 is 29.2 Å². The largest absolute Gasteiger partial charge is 0.441 e. The van der Waals surface area contributed by atoms with Crippen LogP contribution in [-0.2, 0) is 20.9 Å². The van der Waals surface area contributed by atoms with Gasteiger partial charge in [-0.15, -0.1) is 10.2 Å². The molecule has 1 aromatic carbocycles. The summed E-state index contributed by atoms with van der Waals surface area (Å²) in [6.45, 7) is 2.65. The molecule has 0 aromatic heterocycles. The lowest BCUT2D eigenvalue weighted by molar-refractivity contribution is -0.124. The van der Waals surface area contributed by atoms with Crippen LogP contribution >= 0.6 is 0 Å². The van der Waals surface area contributed by atoms with Crippen molar-refractivity contribution in [2.45, 2.75) is 31.7 Å². The van der Waals surface area contributed by atoms with Gasteiger partial charge in [-0.25, -0.2) is 4.79 Å². The quantitative estimate of drug-likeness (QED) is 0.546. The zero-order valence-corrected chi connectivity index (χ0v) is 15.7. The van der Waals surface area contributed by atoms with Crippen molar-refractivity contribution in [2.75, 3.05) is 19.8 Å². The fourth-order valence-corrected chi connectivity index (χ4v) is 2.40. The van der Waals surface area contributed by atoms with Crippen LogP contribution in [0.5, 0.6) is 0 Å². The first-order valence-corrected chi connectivity index (χ1v) is 8.61. The second kappa shape index (κ2) is 9.33. The number of amides is 2. The van der Waals surface area contributed by atoms with Crippen LogP contribution in [0.4, 0.5) is 4.79 Å². The average Bonchev–Trinajstić information content (AvgIpc) is 3.11. The van der Waals surface area contributed by atoms with E-state index in [1.54, 1.807) is 0 Å². The molecule has 2 amide bonds. The highest BCUT2D eigenvalue weighted by molar-refractivity contribution is 5.79. The zero-order valence-electron chi connectivity index (χ0n) is 15.7. The second-order valence-corrected chi connectivity index (χ2v) is 6.88. The number of primary amides is 1. The van der Waals surface area contributed by atoms with Crippen molar-refractivity contribution in [3.63, 3.8) is 0 Å². The molecule has 0 bridgehead atoms. The summed E-state index contributed by atoms with van der Waals surface area (Å²) < 4.78 is 10.7. The molecule has 0 aliphatic carbocycles. The molecule has 1 aromatic rings. The Hall–Kier alpha value is -2.92. The lowest BCUT2D eigenvalue weighted by atomic mass is 9.93. The number of nitrogens with zero attached hydrogens (tertiary/aromatic N) is 4. The summed E-state index contributed by atoms with van der Waals surface area (Å²) in [7, 11) is 0. The molecule has 11 heteroatoms. The maximum absolute atomic E-state index is 12.0. The lowest BCUT2D eigenvalue weighted by Crippen LogP contribution is -2.51. The molecular formula is C17H24N6O5. The highest BCUT2D eigenvalue weighted by atomic mass is 16.6. The molecule has 152 valence electrons. The predicted molar refractivity (Wildman–Crippen MR) is 96.9 cm³/mol. The number of benzene rings is 1. The molecular weight excluding hydrogens is 368 g/mol. The van der Waals surface area contributed by atoms with Crippen LogP contribution in [-0.4, -0.2) is 48.1 Å². The van der Waals surface area contributed by atoms with Crippen LogP contribution < -0.4 is 11.1 Å². The number of hydrogen-bond donors (Lipinski definition) is 3. The minimum Gasteiger partial charge on any atom is -0.441 e. The Labute approximate surface area is 162 Å². The maximum Gasteiger partial charge on any atom is 0.407 e. The Morgan fingerprint density at radius 1 is 1.25 bits per heavy atom. The van der Waals surface area contributed by atoms with Gasteiger partial charge < -0.3 is 25.6 Å². The van der Waals surface area contributed by atoms with Gasteiger partial charge in [0.15, 0.2) is 0 Å². The van der Waals surface area contributed by atoms with E-state index in [0.29, 0.717) is 0 Å². The van der Waals surface area contributed by atoms with E-state index in [1.807, 2.05) is 30.3 Å². The van der Waals surface area contributed by atoms with Crippen molar-refractivity contribution >= 4 is 12.0 Å². The standard InChI is InChI=1S/C17H24N6O5/c1-16(2,10-24)28-15(26)19-8-13(14(18)25)17(20-22-23-21-17)11-27-9-12-6-4-3-5-7-12/h3-7,13,24H,8-11H2,1-2H3,(H2,18,25)(H,19,26). The maximum atomic E-state index is 12.0. The molecule has 1 atom stereocenters. The molecule has 1 heterocycles.